The average Bonchev–Trinajstić information content (AvgIpc) is 3.13. The van der Waals surface area contributed by atoms with Crippen LogP contribution in [-0.2, 0) is 16.1 Å². The average molecular weight is 373 g/mol. The minimum Gasteiger partial charge on any atom is -0.459 e. The monoisotopic (exact) mass is 373 g/mol. The molecule has 7 heteroatoms. The second kappa shape index (κ2) is 9.23. The predicted octanol–water partition coefficient (Wildman–Crippen LogP) is 2.98. The number of amides is 2. The number of methoxy groups -OCH3 is 1. The highest BCUT2D eigenvalue weighted by atomic mass is 16.5. The molecular weight excluding hydrogens is 346 g/mol. The van der Waals surface area contributed by atoms with Crippen LogP contribution in [0.15, 0.2) is 41.0 Å². The largest absolute Gasteiger partial charge is 0.459 e. The number of carbonyl (C=O) groups excluding carboxylic acids is 2. The standard InChI is InChI=1S/C20H27N3O4/c1-14(2)23(20(25)18-7-6-10-27-18)12-15-11-16(21-19(24)13-26-5)8-9-17(15)22(3)4/h6-11,14H,12-13H2,1-5H3,(H,21,24). The van der Waals surface area contributed by atoms with Crippen molar-refractivity contribution in [2.75, 3.05) is 38.0 Å². The molecule has 2 aromatic rings. The third kappa shape index (κ3) is 5.34. The summed E-state index contributed by atoms with van der Waals surface area (Å²) >= 11 is 0. The summed E-state index contributed by atoms with van der Waals surface area (Å²) in [4.78, 5) is 28.3. The molecule has 0 unspecified atom stereocenters. The van der Waals surface area contributed by atoms with Gasteiger partial charge in [-0.05, 0) is 49.7 Å². The van der Waals surface area contributed by atoms with Crippen LogP contribution in [0.4, 0.5) is 11.4 Å². The zero-order valence-corrected chi connectivity index (χ0v) is 16.5. The quantitative estimate of drug-likeness (QED) is 0.770. The number of ether oxygens (including phenoxy) is 1. The van der Waals surface area contributed by atoms with Crippen molar-refractivity contribution in [3.63, 3.8) is 0 Å². The van der Waals surface area contributed by atoms with E-state index >= 15 is 0 Å². The van der Waals surface area contributed by atoms with E-state index in [1.165, 1.54) is 13.4 Å². The Hall–Kier alpha value is -2.80. The summed E-state index contributed by atoms with van der Waals surface area (Å²) in [5.74, 6) is -0.0957. The first-order chi connectivity index (χ1) is 12.8. The summed E-state index contributed by atoms with van der Waals surface area (Å²) in [6.45, 7) is 4.29. The maximum Gasteiger partial charge on any atom is 0.290 e. The van der Waals surface area contributed by atoms with Gasteiger partial charge < -0.3 is 24.3 Å². The number of hydrogen-bond acceptors (Lipinski definition) is 5. The van der Waals surface area contributed by atoms with Gasteiger partial charge in [0.25, 0.3) is 5.91 Å². The second-order valence-electron chi connectivity index (χ2n) is 6.72. The Morgan fingerprint density at radius 3 is 2.52 bits per heavy atom. The first-order valence-corrected chi connectivity index (χ1v) is 8.77. The van der Waals surface area contributed by atoms with Crippen molar-refractivity contribution < 1.29 is 18.7 Å². The fraction of sp³-hybridized carbons (Fsp3) is 0.400. The van der Waals surface area contributed by atoms with Gasteiger partial charge in [-0.3, -0.25) is 9.59 Å². The van der Waals surface area contributed by atoms with Crippen LogP contribution in [0.2, 0.25) is 0 Å². The molecule has 0 bridgehead atoms. The molecule has 0 aliphatic heterocycles. The number of nitrogens with one attached hydrogen (secondary N) is 1. The molecule has 0 aliphatic rings. The molecule has 27 heavy (non-hydrogen) atoms. The molecule has 0 fully saturated rings. The molecule has 0 spiro atoms. The molecule has 0 aliphatic carbocycles. The van der Waals surface area contributed by atoms with Crippen LogP contribution in [0.3, 0.4) is 0 Å². The van der Waals surface area contributed by atoms with E-state index in [2.05, 4.69) is 5.32 Å². The molecule has 1 aromatic carbocycles. The van der Waals surface area contributed by atoms with E-state index in [-0.39, 0.29) is 24.5 Å². The Labute approximate surface area is 159 Å². The van der Waals surface area contributed by atoms with Crippen molar-refractivity contribution in [3.05, 3.63) is 47.9 Å². The Balaban J connectivity index is 2.32. The lowest BCUT2D eigenvalue weighted by Crippen LogP contribution is -2.36. The lowest BCUT2D eigenvalue weighted by atomic mass is 10.1. The van der Waals surface area contributed by atoms with Gasteiger partial charge in [0, 0.05) is 45.2 Å². The lowest BCUT2D eigenvalue weighted by Gasteiger charge is -2.28. The number of carbonyl (C=O) groups is 2. The smallest absolute Gasteiger partial charge is 0.290 e. The van der Waals surface area contributed by atoms with Crippen molar-refractivity contribution in [1.29, 1.82) is 0 Å². The Bertz CT molecular complexity index is 770. The van der Waals surface area contributed by atoms with Gasteiger partial charge in [-0.1, -0.05) is 0 Å². The maximum absolute atomic E-state index is 12.8. The first kappa shape index (κ1) is 20.5. The van der Waals surface area contributed by atoms with Crippen LogP contribution in [0.5, 0.6) is 0 Å². The van der Waals surface area contributed by atoms with Crippen LogP contribution in [0, 0.1) is 0 Å². The molecule has 1 aromatic heterocycles. The molecular formula is C20H27N3O4. The molecule has 146 valence electrons. The molecule has 0 saturated carbocycles. The molecule has 0 radical (unpaired) electrons. The highest BCUT2D eigenvalue weighted by molar-refractivity contribution is 5.93. The van der Waals surface area contributed by atoms with E-state index in [4.69, 9.17) is 9.15 Å². The van der Waals surface area contributed by atoms with Gasteiger partial charge in [-0.15, -0.1) is 0 Å². The summed E-state index contributed by atoms with van der Waals surface area (Å²) in [6.07, 6.45) is 1.49. The van der Waals surface area contributed by atoms with Crippen LogP contribution in [0.1, 0.15) is 30.0 Å². The Morgan fingerprint density at radius 1 is 1.22 bits per heavy atom. The van der Waals surface area contributed by atoms with Gasteiger partial charge in [-0.2, -0.15) is 0 Å². The number of hydrogen-bond donors (Lipinski definition) is 1. The van der Waals surface area contributed by atoms with E-state index in [9.17, 15) is 9.59 Å². The minimum absolute atomic E-state index is 0.0140. The zero-order valence-electron chi connectivity index (χ0n) is 16.5. The number of rotatable bonds is 8. The van der Waals surface area contributed by atoms with Gasteiger partial charge in [0.2, 0.25) is 5.91 Å². The van der Waals surface area contributed by atoms with Crippen LogP contribution >= 0.6 is 0 Å². The van der Waals surface area contributed by atoms with Gasteiger partial charge in [0.1, 0.15) is 6.61 Å². The van der Waals surface area contributed by atoms with Crippen molar-refractivity contribution in [1.82, 2.24) is 4.90 Å². The highest BCUT2D eigenvalue weighted by Crippen LogP contribution is 2.26. The van der Waals surface area contributed by atoms with Gasteiger partial charge in [0.05, 0.1) is 6.26 Å². The third-order valence-corrected chi connectivity index (χ3v) is 4.08. The van der Waals surface area contributed by atoms with E-state index in [0.29, 0.717) is 18.0 Å². The van der Waals surface area contributed by atoms with Gasteiger partial charge in [-0.25, -0.2) is 0 Å². The molecule has 7 nitrogen and oxygen atoms in total. The molecule has 0 saturated heterocycles. The van der Waals surface area contributed by atoms with Crippen molar-refractivity contribution in [3.8, 4) is 0 Å². The Kier molecular flexibility index (Phi) is 7.01. The summed E-state index contributed by atoms with van der Waals surface area (Å²) in [7, 11) is 5.35. The molecule has 0 atom stereocenters. The van der Waals surface area contributed by atoms with E-state index < -0.39 is 0 Å². The zero-order chi connectivity index (χ0) is 20.0. The minimum atomic E-state index is -0.228. The van der Waals surface area contributed by atoms with E-state index in [1.54, 1.807) is 17.0 Å². The van der Waals surface area contributed by atoms with Crippen molar-refractivity contribution >= 4 is 23.2 Å². The van der Waals surface area contributed by atoms with Gasteiger partial charge >= 0.3 is 0 Å². The molecule has 1 heterocycles. The number of benzene rings is 1. The normalized spacial score (nSPS) is 10.7. The summed E-state index contributed by atoms with van der Waals surface area (Å²) in [5, 5.41) is 2.80. The Morgan fingerprint density at radius 2 is 1.96 bits per heavy atom. The SMILES string of the molecule is COCC(=O)Nc1ccc(N(C)C)c(CN(C(=O)c2ccco2)C(C)C)c1. The highest BCUT2D eigenvalue weighted by Gasteiger charge is 2.23. The summed E-state index contributed by atoms with van der Waals surface area (Å²) in [6, 6.07) is 8.97. The van der Waals surface area contributed by atoms with Crippen LogP contribution in [0.25, 0.3) is 0 Å². The maximum atomic E-state index is 12.8. The number of furan rings is 1. The molecule has 1 N–H and O–H groups in total. The van der Waals surface area contributed by atoms with Crippen LogP contribution < -0.4 is 10.2 Å². The molecule has 2 amide bonds. The topological polar surface area (TPSA) is 75.0 Å². The third-order valence-electron chi connectivity index (χ3n) is 4.08. The van der Waals surface area contributed by atoms with E-state index in [1.807, 2.05) is 51.0 Å². The second-order valence-corrected chi connectivity index (χ2v) is 6.72. The lowest BCUT2D eigenvalue weighted by molar-refractivity contribution is -0.119. The van der Waals surface area contributed by atoms with Crippen molar-refractivity contribution in [2.24, 2.45) is 0 Å². The molecule has 2 rings (SSSR count). The fourth-order valence-corrected chi connectivity index (χ4v) is 2.77. The summed E-state index contributed by atoms with van der Waals surface area (Å²) in [5.41, 5.74) is 2.55. The number of anilines is 2. The van der Waals surface area contributed by atoms with Gasteiger partial charge in [0.15, 0.2) is 5.76 Å². The van der Waals surface area contributed by atoms with Crippen LogP contribution in [-0.4, -0.2) is 50.6 Å². The van der Waals surface area contributed by atoms with E-state index in [0.717, 1.165) is 11.3 Å². The fourth-order valence-electron chi connectivity index (χ4n) is 2.77. The summed E-state index contributed by atoms with van der Waals surface area (Å²) < 4.78 is 10.1. The van der Waals surface area contributed by atoms with Crippen molar-refractivity contribution in [2.45, 2.75) is 26.4 Å². The first-order valence-electron chi connectivity index (χ1n) is 8.77. The number of nitrogens with zero attached hydrogens (tertiary/aromatic N) is 2. The predicted molar refractivity (Wildman–Crippen MR) is 105 cm³/mol.